The predicted molar refractivity (Wildman–Crippen MR) is 62.4 cm³/mol. The predicted octanol–water partition coefficient (Wildman–Crippen LogP) is 2.46. The fourth-order valence-corrected chi connectivity index (χ4v) is 2.44. The molecule has 0 N–H and O–H groups in total. The van der Waals surface area contributed by atoms with Gasteiger partial charge in [-0.3, -0.25) is 4.79 Å². The van der Waals surface area contributed by atoms with Crippen LogP contribution < -0.4 is 5.56 Å². The summed E-state index contributed by atoms with van der Waals surface area (Å²) in [5.41, 5.74) is 0.382. The number of aryl methyl sites for hydroxylation is 1. The molecule has 1 atom stereocenters. The van der Waals surface area contributed by atoms with Gasteiger partial charge < -0.3 is 4.57 Å². The van der Waals surface area contributed by atoms with Crippen molar-refractivity contribution in [2.45, 2.75) is 38.7 Å². The first-order chi connectivity index (χ1) is 8.43. The summed E-state index contributed by atoms with van der Waals surface area (Å²) in [6.45, 7) is 2.02. The second-order valence-corrected chi connectivity index (χ2v) is 4.88. The van der Waals surface area contributed by atoms with E-state index in [1.165, 1.54) is 10.6 Å². The number of nitrogens with zero attached hydrogens (tertiary/aromatic N) is 2. The van der Waals surface area contributed by atoms with Crippen molar-refractivity contribution >= 4 is 0 Å². The van der Waals surface area contributed by atoms with Crippen LogP contribution in [-0.2, 0) is 6.54 Å². The van der Waals surface area contributed by atoms with Crippen molar-refractivity contribution in [2.75, 3.05) is 0 Å². The lowest BCUT2D eigenvalue weighted by Crippen LogP contribution is -2.27. The van der Waals surface area contributed by atoms with E-state index in [0.717, 1.165) is 0 Å². The lowest BCUT2D eigenvalue weighted by atomic mass is 10.1. The van der Waals surface area contributed by atoms with E-state index in [0.29, 0.717) is 12.1 Å². The maximum absolute atomic E-state index is 13.1. The Bertz CT molecular complexity index is 557. The van der Waals surface area contributed by atoms with Crippen LogP contribution in [0.1, 0.15) is 30.5 Å². The molecule has 1 fully saturated rings. The van der Waals surface area contributed by atoms with E-state index in [9.17, 15) is 13.6 Å². The molecular weight excluding hydrogens is 238 g/mol. The normalized spacial score (nSPS) is 21.8. The molecule has 18 heavy (non-hydrogen) atoms. The van der Waals surface area contributed by atoms with Gasteiger partial charge in [0.05, 0.1) is 0 Å². The zero-order chi connectivity index (χ0) is 13.3. The fourth-order valence-electron chi connectivity index (χ4n) is 2.44. The Balaban J connectivity index is 2.25. The Labute approximate surface area is 104 Å². The highest BCUT2D eigenvalue weighted by molar-refractivity contribution is 5.27. The van der Waals surface area contributed by atoms with Gasteiger partial charge >= 0.3 is 0 Å². The number of hydrogen-bond donors (Lipinski definition) is 0. The van der Waals surface area contributed by atoms with Crippen LogP contribution >= 0.6 is 0 Å². The summed E-state index contributed by atoms with van der Waals surface area (Å²) in [5.74, 6) is -2.79. The third-order valence-electron chi connectivity index (χ3n) is 3.46. The van der Waals surface area contributed by atoms with Gasteiger partial charge in [0.15, 0.2) is 0 Å². The largest absolute Gasteiger partial charge is 0.312 e. The van der Waals surface area contributed by atoms with Crippen LogP contribution in [-0.4, -0.2) is 10.5 Å². The summed E-state index contributed by atoms with van der Waals surface area (Å²) >= 11 is 0. The van der Waals surface area contributed by atoms with Crippen LogP contribution in [0, 0.1) is 24.2 Å². The lowest BCUT2D eigenvalue weighted by Gasteiger charge is -2.15. The second kappa shape index (κ2) is 4.52. The molecule has 1 unspecified atom stereocenters. The van der Waals surface area contributed by atoms with Crippen molar-refractivity contribution in [3.05, 3.63) is 33.7 Å². The summed E-state index contributed by atoms with van der Waals surface area (Å²) in [6, 6.07) is 4.97. The van der Waals surface area contributed by atoms with Crippen molar-refractivity contribution in [3.63, 3.8) is 0 Å². The van der Waals surface area contributed by atoms with Gasteiger partial charge in [0.1, 0.15) is 11.6 Å². The van der Waals surface area contributed by atoms with Crippen molar-refractivity contribution in [1.29, 1.82) is 5.26 Å². The molecule has 0 spiro atoms. The molecule has 0 aliphatic heterocycles. The molecular formula is C13H14F2N2O. The molecule has 1 aliphatic carbocycles. The average Bonchev–Trinajstić information content (AvgIpc) is 2.64. The molecule has 1 aromatic rings. The fraction of sp³-hybridized carbons (Fsp3) is 0.538. The van der Waals surface area contributed by atoms with E-state index in [2.05, 4.69) is 0 Å². The van der Waals surface area contributed by atoms with E-state index < -0.39 is 5.92 Å². The summed E-state index contributed by atoms with van der Waals surface area (Å²) in [7, 11) is 0. The molecule has 2 rings (SSSR count). The van der Waals surface area contributed by atoms with Crippen LogP contribution in [0.2, 0.25) is 0 Å². The highest BCUT2D eigenvalue weighted by atomic mass is 19.3. The number of rotatable bonds is 2. The number of alkyl halides is 2. The Kier molecular flexibility index (Phi) is 3.20. The molecule has 96 valence electrons. The van der Waals surface area contributed by atoms with Gasteiger partial charge in [0, 0.05) is 25.1 Å². The molecule has 0 radical (unpaired) electrons. The van der Waals surface area contributed by atoms with Crippen LogP contribution in [0.25, 0.3) is 0 Å². The van der Waals surface area contributed by atoms with E-state index in [1.807, 2.05) is 6.07 Å². The molecule has 5 heteroatoms. The van der Waals surface area contributed by atoms with E-state index in [-0.39, 0.29) is 36.4 Å². The minimum absolute atomic E-state index is 0.0605. The van der Waals surface area contributed by atoms with Gasteiger partial charge in [-0.25, -0.2) is 8.78 Å². The van der Waals surface area contributed by atoms with Gasteiger partial charge in [0.25, 0.3) is 5.56 Å². The maximum atomic E-state index is 13.1. The molecule has 3 nitrogen and oxygen atoms in total. The third kappa shape index (κ3) is 2.42. The first kappa shape index (κ1) is 12.7. The highest BCUT2D eigenvalue weighted by Gasteiger charge is 2.39. The molecule has 1 aliphatic rings. The summed E-state index contributed by atoms with van der Waals surface area (Å²) in [6.07, 6.45) is 0.148. The van der Waals surface area contributed by atoms with Gasteiger partial charge in [0.2, 0.25) is 5.92 Å². The smallest absolute Gasteiger partial charge is 0.268 e. The minimum atomic E-state index is -2.60. The van der Waals surface area contributed by atoms with Gasteiger partial charge in [-0.1, -0.05) is 0 Å². The number of nitriles is 1. The van der Waals surface area contributed by atoms with Gasteiger partial charge in [-0.15, -0.1) is 0 Å². The summed E-state index contributed by atoms with van der Waals surface area (Å²) < 4.78 is 27.6. The molecule has 0 aromatic carbocycles. The molecule has 0 amide bonds. The van der Waals surface area contributed by atoms with E-state index in [1.54, 1.807) is 13.0 Å². The topological polar surface area (TPSA) is 45.8 Å². The van der Waals surface area contributed by atoms with Crippen LogP contribution in [0.4, 0.5) is 8.78 Å². The first-order valence-electron chi connectivity index (χ1n) is 5.91. The van der Waals surface area contributed by atoms with Gasteiger partial charge in [-0.2, -0.15) is 5.26 Å². The quantitative estimate of drug-likeness (QED) is 0.811. The van der Waals surface area contributed by atoms with Crippen LogP contribution in [0.15, 0.2) is 16.9 Å². The van der Waals surface area contributed by atoms with E-state index in [4.69, 9.17) is 5.26 Å². The monoisotopic (exact) mass is 252 g/mol. The number of pyridine rings is 1. The zero-order valence-corrected chi connectivity index (χ0v) is 10.1. The zero-order valence-electron chi connectivity index (χ0n) is 10.1. The SMILES string of the molecule is Cc1ccc(C#N)c(=O)n1CC1CCC(F)(F)C1. The summed E-state index contributed by atoms with van der Waals surface area (Å²) in [5, 5.41) is 8.79. The van der Waals surface area contributed by atoms with E-state index >= 15 is 0 Å². The molecule has 1 heterocycles. The van der Waals surface area contributed by atoms with Crippen LogP contribution in [0.5, 0.6) is 0 Å². The number of aromatic nitrogens is 1. The van der Waals surface area contributed by atoms with Crippen molar-refractivity contribution in [3.8, 4) is 6.07 Å². The second-order valence-electron chi connectivity index (χ2n) is 4.88. The molecule has 1 aromatic heterocycles. The maximum Gasteiger partial charge on any atom is 0.268 e. The van der Waals surface area contributed by atoms with Crippen molar-refractivity contribution in [1.82, 2.24) is 4.57 Å². The highest BCUT2D eigenvalue weighted by Crippen LogP contribution is 2.39. The van der Waals surface area contributed by atoms with Crippen molar-refractivity contribution in [2.24, 2.45) is 5.92 Å². The minimum Gasteiger partial charge on any atom is -0.312 e. The Hall–Kier alpha value is -1.70. The Morgan fingerprint density at radius 3 is 2.83 bits per heavy atom. The summed E-state index contributed by atoms with van der Waals surface area (Å²) in [4.78, 5) is 11.9. The van der Waals surface area contributed by atoms with Gasteiger partial charge in [-0.05, 0) is 31.4 Å². The standard InChI is InChI=1S/C13H14F2N2O/c1-9-2-3-11(7-16)12(18)17(9)8-10-4-5-13(14,15)6-10/h2-3,10H,4-6,8H2,1H3. The average molecular weight is 252 g/mol. The van der Waals surface area contributed by atoms with Crippen molar-refractivity contribution < 1.29 is 8.78 Å². The number of halogens is 2. The molecule has 0 saturated heterocycles. The van der Waals surface area contributed by atoms with Crippen LogP contribution in [0.3, 0.4) is 0 Å². The molecule has 1 saturated carbocycles. The Morgan fingerprint density at radius 2 is 2.28 bits per heavy atom. The Morgan fingerprint density at radius 1 is 1.56 bits per heavy atom. The number of hydrogen-bond acceptors (Lipinski definition) is 2. The third-order valence-corrected chi connectivity index (χ3v) is 3.46. The lowest BCUT2D eigenvalue weighted by molar-refractivity contribution is 0.00429. The first-order valence-corrected chi connectivity index (χ1v) is 5.91. The molecule has 0 bridgehead atoms.